The second kappa shape index (κ2) is 11.1. The number of rotatable bonds is 9. The van der Waals surface area contributed by atoms with Gasteiger partial charge in [-0.1, -0.05) is 58.0 Å². The number of benzene rings is 2. The Hall–Kier alpha value is -2.82. The average molecular weight is 505 g/mol. The highest BCUT2D eigenvalue weighted by molar-refractivity contribution is 7.87. The fourth-order valence-electron chi connectivity index (χ4n) is 3.52. The molecule has 0 spiro atoms. The Labute approximate surface area is 204 Å². The predicted octanol–water partition coefficient (Wildman–Crippen LogP) is 5.60. The molecule has 0 atom stereocenters. The molecule has 3 aromatic rings. The summed E-state index contributed by atoms with van der Waals surface area (Å²) in [5.74, 6) is -0.567. The van der Waals surface area contributed by atoms with Gasteiger partial charge in [-0.15, -0.1) is 11.3 Å². The van der Waals surface area contributed by atoms with Crippen molar-refractivity contribution >= 4 is 33.3 Å². The maximum Gasteiger partial charge on any atom is 0.333 e. The molecule has 2 amide bonds. The van der Waals surface area contributed by atoms with E-state index in [9.17, 15) is 17.6 Å². The lowest BCUT2D eigenvalue weighted by Gasteiger charge is -2.23. The number of halogens is 1. The molecule has 2 aromatic carbocycles. The number of nitrogens with zero attached hydrogens (tertiary/aromatic N) is 2. The summed E-state index contributed by atoms with van der Waals surface area (Å²) in [6.07, 6.45) is 1.60. The van der Waals surface area contributed by atoms with E-state index in [2.05, 4.69) is 15.0 Å². The lowest BCUT2D eigenvalue weighted by Crippen LogP contribution is -2.44. The van der Waals surface area contributed by atoms with Gasteiger partial charge >= 0.3 is 16.2 Å². The molecule has 0 aliphatic rings. The van der Waals surface area contributed by atoms with Gasteiger partial charge in [0.1, 0.15) is 10.8 Å². The smallest absolute Gasteiger partial charge is 0.307 e. The molecular formula is C24H29FN4O3S2. The topological polar surface area (TPSA) is 91.4 Å². The Bertz CT molecular complexity index is 1190. The van der Waals surface area contributed by atoms with E-state index in [-0.39, 0.29) is 24.9 Å². The van der Waals surface area contributed by atoms with E-state index >= 15 is 0 Å². The zero-order valence-corrected chi connectivity index (χ0v) is 21.2. The predicted molar refractivity (Wildman–Crippen MR) is 133 cm³/mol. The Morgan fingerprint density at radius 1 is 1.06 bits per heavy atom. The number of amides is 2. The number of carbonyl (C=O) groups excluding carboxylic acids is 1. The van der Waals surface area contributed by atoms with E-state index in [0.717, 1.165) is 9.87 Å². The normalized spacial score (nSPS) is 11.9. The lowest BCUT2D eigenvalue weighted by molar-refractivity contribution is 0.255. The molecule has 0 bridgehead atoms. The van der Waals surface area contributed by atoms with Crippen LogP contribution < -0.4 is 10.0 Å². The third-order valence-electron chi connectivity index (χ3n) is 5.21. The number of aromatic nitrogens is 1. The van der Waals surface area contributed by atoms with Crippen LogP contribution in [0.3, 0.4) is 0 Å². The van der Waals surface area contributed by atoms with Gasteiger partial charge in [-0.2, -0.15) is 12.7 Å². The molecule has 0 unspecified atom stereocenters. The van der Waals surface area contributed by atoms with Crippen LogP contribution >= 0.6 is 11.3 Å². The quantitative estimate of drug-likeness (QED) is 0.397. The first-order valence-electron chi connectivity index (χ1n) is 10.9. The zero-order valence-electron chi connectivity index (χ0n) is 19.6. The first-order valence-corrected chi connectivity index (χ1v) is 13.2. The number of thiazole rings is 1. The molecule has 1 heterocycles. The van der Waals surface area contributed by atoms with Crippen LogP contribution in [0.1, 0.15) is 61.2 Å². The molecule has 7 nitrogen and oxygen atoms in total. The molecule has 0 fully saturated rings. The molecule has 0 saturated heterocycles. The summed E-state index contributed by atoms with van der Waals surface area (Å²) >= 11 is 1.33. The van der Waals surface area contributed by atoms with Gasteiger partial charge in [0.25, 0.3) is 0 Å². The molecule has 34 heavy (non-hydrogen) atoms. The van der Waals surface area contributed by atoms with E-state index in [1.165, 1.54) is 23.5 Å². The monoisotopic (exact) mass is 504 g/mol. The van der Waals surface area contributed by atoms with E-state index in [1.807, 2.05) is 58.0 Å². The van der Waals surface area contributed by atoms with Crippen LogP contribution in [-0.2, 0) is 23.3 Å². The van der Waals surface area contributed by atoms with Crippen molar-refractivity contribution in [1.82, 2.24) is 14.0 Å². The summed E-state index contributed by atoms with van der Waals surface area (Å²) in [6.45, 7) is 7.61. The van der Waals surface area contributed by atoms with Crippen molar-refractivity contribution in [3.63, 3.8) is 0 Å². The van der Waals surface area contributed by atoms with Crippen molar-refractivity contribution in [3.8, 4) is 0 Å². The van der Waals surface area contributed by atoms with Crippen LogP contribution in [0.15, 0.2) is 54.0 Å². The Morgan fingerprint density at radius 3 is 2.21 bits per heavy atom. The van der Waals surface area contributed by atoms with Crippen LogP contribution in [0.25, 0.3) is 0 Å². The Kier molecular flexibility index (Phi) is 8.40. The van der Waals surface area contributed by atoms with Crippen LogP contribution in [0.2, 0.25) is 0 Å². The maximum absolute atomic E-state index is 14.2. The Morgan fingerprint density at radius 2 is 1.68 bits per heavy atom. The maximum atomic E-state index is 14.2. The molecular weight excluding hydrogens is 475 g/mol. The van der Waals surface area contributed by atoms with Crippen molar-refractivity contribution in [3.05, 3.63) is 81.6 Å². The van der Waals surface area contributed by atoms with Crippen molar-refractivity contribution < 1.29 is 17.6 Å². The van der Waals surface area contributed by atoms with Crippen LogP contribution in [0, 0.1) is 5.82 Å². The van der Waals surface area contributed by atoms with E-state index in [1.54, 1.807) is 11.6 Å². The highest BCUT2D eigenvalue weighted by Gasteiger charge is 2.27. The van der Waals surface area contributed by atoms with E-state index in [0.29, 0.717) is 21.8 Å². The number of urea groups is 1. The molecule has 1 aromatic heterocycles. The van der Waals surface area contributed by atoms with Gasteiger partial charge in [0.15, 0.2) is 0 Å². The molecule has 0 aliphatic carbocycles. The van der Waals surface area contributed by atoms with Crippen molar-refractivity contribution in [1.29, 1.82) is 0 Å². The van der Waals surface area contributed by atoms with Crippen molar-refractivity contribution in [2.45, 2.75) is 52.6 Å². The molecule has 10 heteroatoms. The van der Waals surface area contributed by atoms with Gasteiger partial charge in [0.05, 0.1) is 6.54 Å². The summed E-state index contributed by atoms with van der Waals surface area (Å²) in [6, 6.07) is 10.9. The fraction of sp³-hybridized carbons (Fsp3) is 0.333. The molecule has 2 N–H and O–H groups in total. The first kappa shape index (κ1) is 25.8. The van der Waals surface area contributed by atoms with Gasteiger partial charge < -0.3 is 5.32 Å². The number of carbonyl (C=O) groups is 1. The van der Waals surface area contributed by atoms with Gasteiger partial charge in [-0.25, -0.2) is 18.9 Å². The highest BCUT2D eigenvalue weighted by Crippen LogP contribution is 2.33. The van der Waals surface area contributed by atoms with Crippen LogP contribution in [0.5, 0.6) is 0 Å². The molecule has 3 rings (SSSR count). The average Bonchev–Trinajstić information content (AvgIpc) is 3.27. The fourth-order valence-corrected chi connectivity index (χ4v) is 5.26. The lowest BCUT2D eigenvalue weighted by atomic mass is 9.92. The third kappa shape index (κ3) is 6.62. The number of hydrogen-bond donors (Lipinski definition) is 2. The minimum Gasteiger partial charge on any atom is -0.307 e. The molecule has 0 radical (unpaired) electrons. The summed E-state index contributed by atoms with van der Waals surface area (Å²) in [4.78, 5) is 17.1. The number of anilines is 1. The van der Waals surface area contributed by atoms with Crippen molar-refractivity contribution in [2.75, 3.05) is 5.32 Å². The summed E-state index contributed by atoms with van der Waals surface area (Å²) in [7, 11) is -4.23. The molecule has 0 saturated carbocycles. The van der Waals surface area contributed by atoms with Gasteiger partial charge in [-0.05, 0) is 40.7 Å². The second-order valence-electron chi connectivity index (χ2n) is 8.51. The van der Waals surface area contributed by atoms with Gasteiger partial charge in [0, 0.05) is 23.8 Å². The van der Waals surface area contributed by atoms with E-state index < -0.39 is 22.1 Å². The highest BCUT2D eigenvalue weighted by atomic mass is 32.2. The summed E-state index contributed by atoms with van der Waals surface area (Å²) < 4.78 is 43.9. The first-order chi connectivity index (χ1) is 16.1. The summed E-state index contributed by atoms with van der Waals surface area (Å²) in [5, 5.41) is 5.03. The zero-order chi connectivity index (χ0) is 24.9. The standard InChI is InChI=1S/C24H29FN4O3S2/c1-16(2)20-12-19(25)13-21(17(3)4)23(20)27-24(30)28-34(31,32)29(15-22-26-10-11-33-22)14-18-8-6-5-7-9-18/h5-13,16-17H,14-15H2,1-4H3,(H2,27,28,30). The molecule has 182 valence electrons. The number of nitrogens with one attached hydrogen (secondary N) is 2. The van der Waals surface area contributed by atoms with Crippen molar-refractivity contribution in [2.24, 2.45) is 0 Å². The molecule has 0 aliphatic heterocycles. The van der Waals surface area contributed by atoms with Crippen LogP contribution in [-0.4, -0.2) is 23.7 Å². The summed E-state index contributed by atoms with van der Waals surface area (Å²) in [5.41, 5.74) is 2.39. The third-order valence-corrected chi connectivity index (χ3v) is 7.35. The minimum absolute atomic E-state index is 0.0141. The SMILES string of the molecule is CC(C)c1cc(F)cc(C(C)C)c1NC(=O)NS(=O)(=O)N(Cc1ccccc1)Cc1nccs1. The Balaban J connectivity index is 1.87. The van der Waals surface area contributed by atoms with Gasteiger partial charge in [-0.3, -0.25) is 0 Å². The second-order valence-corrected chi connectivity index (χ2v) is 11.2. The van der Waals surface area contributed by atoms with E-state index in [4.69, 9.17) is 0 Å². The van der Waals surface area contributed by atoms with Gasteiger partial charge in [0.2, 0.25) is 0 Å². The largest absolute Gasteiger partial charge is 0.333 e. The van der Waals surface area contributed by atoms with Crippen LogP contribution in [0.4, 0.5) is 14.9 Å². The number of hydrogen-bond acceptors (Lipinski definition) is 5. The minimum atomic E-state index is -4.23.